The van der Waals surface area contributed by atoms with Crippen LogP contribution >= 0.6 is 0 Å². The second-order valence-electron chi connectivity index (χ2n) is 5.48. The Balaban J connectivity index is -0.00000000226. The summed E-state index contributed by atoms with van der Waals surface area (Å²) in [6, 6.07) is 0. The average molecular weight is 1040 g/mol. The molecule has 0 amide bonds. The Bertz CT molecular complexity index is 160. The molecular formula is C10H56O20Zr6. The van der Waals surface area contributed by atoms with Gasteiger partial charge in [-0.15, -0.1) is 0 Å². The third kappa shape index (κ3) is 199. The molecule has 26 heteroatoms. The van der Waals surface area contributed by atoms with E-state index in [4.69, 9.17) is 20.4 Å². The van der Waals surface area contributed by atoms with Gasteiger partial charge in [0.2, 0.25) is 0 Å². The molecule has 36 N–H and O–H groups in total. The minimum absolute atomic E-state index is 0. The zero-order valence-corrected chi connectivity index (χ0v) is 35.7. The van der Waals surface area contributed by atoms with Gasteiger partial charge in [0.15, 0.2) is 12.6 Å². The van der Waals surface area contributed by atoms with Crippen LogP contribution in [0.15, 0.2) is 0 Å². The van der Waals surface area contributed by atoms with Crippen molar-refractivity contribution in [2.24, 2.45) is 10.8 Å². The molecule has 0 aliphatic carbocycles. The van der Waals surface area contributed by atoms with Crippen molar-refractivity contribution in [3.63, 3.8) is 0 Å². The van der Waals surface area contributed by atoms with Gasteiger partial charge in [-0.1, -0.05) is 41.5 Å². The molecule has 36 heavy (non-hydrogen) atoms. The van der Waals surface area contributed by atoms with Crippen LogP contribution in [-0.2, 0) is 157 Å². The third-order valence-electron chi connectivity index (χ3n) is 1.55. The maximum absolute atomic E-state index is 8.44. The first-order chi connectivity index (χ1) is 5.89. The Hall–Kier alpha value is 4.50. The maximum Gasteiger partial charge on any atom is 0.156 e. The molecule has 0 aliphatic rings. The van der Waals surface area contributed by atoms with Crippen molar-refractivity contribution in [1.29, 1.82) is 0 Å². The summed E-state index contributed by atoms with van der Waals surface area (Å²) >= 11 is 0. The third-order valence-corrected chi connectivity index (χ3v) is 1.55. The monoisotopic (exact) mass is 1040 g/mol. The van der Waals surface area contributed by atoms with Crippen molar-refractivity contribution < 1.29 is 265 Å². The Kier molecular flexibility index (Phi) is 746. The fourth-order valence-electron chi connectivity index (χ4n) is 0. The molecule has 0 aromatic carbocycles. The van der Waals surface area contributed by atoms with Crippen LogP contribution in [0.25, 0.3) is 0 Å². The van der Waals surface area contributed by atoms with Gasteiger partial charge >= 0.3 is 0 Å². The van der Waals surface area contributed by atoms with E-state index in [0.29, 0.717) is 0 Å². The van der Waals surface area contributed by atoms with Crippen molar-refractivity contribution in [2.45, 2.75) is 54.1 Å². The molecule has 0 rings (SSSR count). The summed E-state index contributed by atoms with van der Waals surface area (Å²) in [5.74, 6) is 0. The number of aliphatic hydroxyl groups excluding tert-OH is 2. The van der Waals surface area contributed by atoms with E-state index in [1.54, 1.807) is 41.5 Å². The molecule has 0 bridgehead atoms. The fourth-order valence-corrected chi connectivity index (χ4v) is 0. The topological polar surface area (TPSA) is 585 Å². The predicted molar refractivity (Wildman–Crippen MR) is 113 cm³/mol. The molecule has 0 heterocycles. The first-order valence-corrected chi connectivity index (χ1v) is 4.61. The van der Waals surface area contributed by atoms with E-state index in [-0.39, 0.29) is 256 Å². The Morgan fingerprint density at radius 1 is 0.278 bits per heavy atom. The van der Waals surface area contributed by atoms with Gasteiger partial charge in [-0.2, -0.15) is 0 Å². The molecule has 0 aromatic heterocycles. The van der Waals surface area contributed by atoms with Crippen LogP contribution in [0.5, 0.6) is 0 Å². The number of hydrogen-bond donors (Lipinski definition) is 4. The van der Waals surface area contributed by atoms with Gasteiger partial charge in [-0.3, -0.25) is 0 Å². The van der Waals surface area contributed by atoms with Gasteiger partial charge in [0.05, 0.1) is 0 Å². The van der Waals surface area contributed by atoms with E-state index in [1.165, 1.54) is 0 Å². The van der Waals surface area contributed by atoms with Crippen LogP contribution in [0, 0.1) is 10.8 Å². The normalized spacial score (nSPS) is 5.00. The minimum Gasteiger partial charge on any atom is -0.412 e. The Morgan fingerprint density at radius 3 is 0.306 bits per heavy atom. The molecule has 0 unspecified atom stereocenters. The number of hydrogen-bond acceptors (Lipinski definition) is 4. The first-order valence-electron chi connectivity index (χ1n) is 4.61. The second-order valence-corrected chi connectivity index (χ2v) is 5.48. The molecule has 0 saturated carbocycles. The molecular weight excluding hydrogens is 987 g/mol. The largest absolute Gasteiger partial charge is 0.412 e. The van der Waals surface area contributed by atoms with E-state index >= 15 is 0 Å². The van der Waals surface area contributed by atoms with Crippen LogP contribution in [-0.4, -0.2) is 121 Å². The van der Waals surface area contributed by atoms with E-state index in [9.17, 15) is 0 Å². The van der Waals surface area contributed by atoms with Crippen LogP contribution < -0.4 is 0 Å². The molecule has 0 fully saturated rings. The van der Waals surface area contributed by atoms with Gasteiger partial charge in [0.1, 0.15) is 0 Å². The molecule has 20 nitrogen and oxygen atoms in total. The van der Waals surface area contributed by atoms with Crippen LogP contribution in [0.4, 0.5) is 0 Å². The van der Waals surface area contributed by atoms with E-state index in [0.717, 1.165) is 0 Å². The molecule has 240 valence electrons. The van der Waals surface area contributed by atoms with Gasteiger partial charge in [-0.25, -0.2) is 0 Å². The smallest absolute Gasteiger partial charge is 0.156 e. The van der Waals surface area contributed by atoms with Gasteiger partial charge in [0, 0.05) is 168 Å². The zero-order chi connectivity index (χ0) is 12.2. The second kappa shape index (κ2) is 116. The van der Waals surface area contributed by atoms with Crippen molar-refractivity contribution in [2.75, 3.05) is 0 Å². The van der Waals surface area contributed by atoms with E-state index in [1.807, 2.05) is 0 Å². The summed E-state index contributed by atoms with van der Waals surface area (Å²) in [5, 5.41) is 33.8. The summed E-state index contributed by atoms with van der Waals surface area (Å²) in [6.07, 6.45) is -2.40. The maximum atomic E-state index is 8.44. The van der Waals surface area contributed by atoms with Crippen LogP contribution in [0.1, 0.15) is 41.5 Å². The quantitative estimate of drug-likeness (QED) is 0.172. The number of aliphatic hydroxyl groups is 4. The SMILES string of the molecule is CC(C)(C)C(O)O.CC(C)(C)C(O)O.O.O.O.O.O.O.O.O.O.O.O.O.O.O.O.O.[Zr].[Zr].[Zr].[Zr].[Zr].[Zr]. The fraction of sp³-hybridized carbons (Fsp3) is 1.00. The zero-order valence-electron chi connectivity index (χ0n) is 20.9. The van der Waals surface area contributed by atoms with Gasteiger partial charge in [0.25, 0.3) is 0 Å². The first kappa shape index (κ1) is 232. The standard InChI is InChI=1S/2C5H12O2.16H2O.6Zr/c2*1-5(2,3)4(6)7;;;;;;;;;;;;;;;;;;;;;;/h2*4,6-7H,1-3H3;16*1H2;;;;;;. The molecule has 0 aromatic rings. The summed E-state index contributed by atoms with van der Waals surface area (Å²) in [7, 11) is 0. The Labute approximate surface area is 325 Å². The number of rotatable bonds is 0. The van der Waals surface area contributed by atoms with Crippen molar-refractivity contribution in [1.82, 2.24) is 0 Å². The molecule has 0 aliphatic heterocycles. The van der Waals surface area contributed by atoms with E-state index in [2.05, 4.69) is 0 Å². The van der Waals surface area contributed by atoms with Crippen molar-refractivity contribution >= 4 is 0 Å². The summed E-state index contributed by atoms with van der Waals surface area (Å²) in [5.41, 5.74) is -0.778. The molecule has 0 spiro atoms. The Morgan fingerprint density at radius 2 is 0.306 bits per heavy atom. The molecule has 0 radical (unpaired) electrons. The predicted octanol–water partition coefficient (Wildman–Crippen LogP) is -12.5. The van der Waals surface area contributed by atoms with Gasteiger partial charge < -0.3 is 108 Å². The van der Waals surface area contributed by atoms with Crippen molar-refractivity contribution in [3.05, 3.63) is 0 Å². The molecule has 0 atom stereocenters. The molecule has 0 saturated heterocycles. The summed E-state index contributed by atoms with van der Waals surface area (Å²) in [4.78, 5) is 0. The average Bonchev–Trinajstić information content (AvgIpc) is 1.83. The summed E-state index contributed by atoms with van der Waals surface area (Å²) in [6.45, 7) is 10.6. The van der Waals surface area contributed by atoms with E-state index < -0.39 is 12.6 Å². The van der Waals surface area contributed by atoms with Crippen LogP contribution in [0.3, 0.4) is 0 Å². The van der Waals surface area contributed by atoms with Crippen molar-refractivity contribution in [3.8, 4) is 0 Å². The van der Waals surface area contributed by atoms with Crippen LogP contribution in [0.2, 0.25) is 0 Å². The van der Waals surface area contributed by atoms with Gasteiger partial charge in [-0.05, 0) is 0 Å². The minimum atomic E-state index is -1.20. The summed E-state index contributed by atoms with van der Waals surface area (Å²) < 4.78 is 0.